The van der Waals surface area contributed by atoms with Crippen LogP contribution in [-0.2, 0) is 0 Å². The summed E-state index contributed by atoms with van der Waals surface area (Å²) in [6.45, 7) is 6.24. The fraction of sp³-hybridized carbons (Fsp3) is 0.412. The van der Waals surface area contributed by atoms with Crippen molar-refractivity contribution in [3.05, 3.63) is 41.7 Å². The molecule has 4 nitrogen and oxygen atoms in total. The third-order valence-corrected chi connectivity index (χ3v) is 3.79. The number of nitrogens with one attached hydrogen (secondary N) is 1. The SMILES string of the molecule is Cc1cccc(Nc2cc(N3CCCCC3)nc(C)n2)c1. The summed E-state index contributed by atoms with van der Waals surface area (Å²) in [7, 11) is 0. The third-order valence-electron chi connectivity index (χ3n) is 3.79. The molecule has 1 saturated heterocycles. The second kappa shape index (κ2) is 6.12. The van der Waals surface area contributed by atoms with E-state index >= 15 is 0 Å². The molecule has 1 aliphatic heterocycles. The maximum atomic E-state index is 4.59. The van der Waals surface area contributed by atoms with E-state index in [1.54, 1.807) is 0 Å². The van der Waals surface area contributed by atoms with Gasteiger partial charge in [0.15, 0.2) is 0 Å². The van der Waals surface area contributed by atoms with Crippen LogP contribution >= 0.6 is 0 Å². The van der Waals surface area contributed by atoms with Crippen LogP contribution < -0.4 is 10.2 Å². The fourth-order valence-corrected chi connectivity index (χ4v) is 2.77. The van der Waals surface area contributed by atoms with Gasteiger partial charge in [-0.2, -0.15) is 0 Å². The summed E-state index contributed by atoms with van der Waals surface area (Å²) >= 11 is 0. The second-order valence-corrected chi connectivity index (χ2v) is 5.70. The van der Waals surface area contributed by atoms with Gasteiger partial charge in [-0.25, -0.2) is 9.97 Å². The number of anilines is 3. The average molecular weight is 282 g/mol. The first-order chi connectivity index (χ1) is 10.2. The highest BCUT2D eigenvalue weighted by molar-refractivity contribution is 5.60. The summed E-state index contributed by atoms with van der Waals surface area (Å²) in [6, 6.07) is 10.4. The molecule has 1 N–H and O–H groups in total. The summed E-state index contributed by atoms with van der Waals surface area (Å²) in [6.07, 6.45) is 3.84. The first kappa shape index (κ1) is 13.9. The Labute approximate surface area is 126 Å². The monoisotopic (exact) mass is 282 g/mol. The highest BCUT2D eigenvalue weighted by Gasteiger charge is 2.13. The maximum absolute atomic E-state index is 4.59. The Balaban J connectivity index is 1.83. The molecule has 0 bridgehead atoms. The van der Waals surface area contributed by atoms with Gasteiger partial charge in [0.2, 0.25) is 0 Å². The van der Waals surface area contributed by atoms with E-state index < -0.39 is 0 Å². The Morgan fingerprint density at radius 3 is 2.57 bits per heavy atom. The topological polar surface area (TPSA) is 41.0 Å². The van der Waals surface area contributed by atoms with E-state index in [-0.39, 0.29) is 0 Å². The van der Waals surface area contributed by atoms with Gasteiger partial charge in [0.05, 0.1) is 0 Å². The summed E-state index contributed by atoms with van der Waals surface area (Å²) in [5, 5.41) is 3.39. The lowest BCUT2D eigenvalue weighted by Crippen LogP contribution is -2.30. The summed E-state index contributed by atoms with van der Waals surface area (Å²) in [4.78, 5) is 11.5. The molecular formula is C17H22N4. The smallest absolute Gasteiger partial charge is 0.136 e. The van der Waals surface area contributed by atoms with Crippen LogP contribution in [0.2, 0.25) is 0 Å². The van der Waals surface area contributed by atoms with Crippen LogP contribution in [0.3, 0.4) is 0 Å². The number of nitrogens with zero attached hydrogens (tertiary/aromatic N) is 3. The molecule has 0 unspecified atom stereocenters. The number of rotatable bonds is 3. The molecule has 0 amide bonds. The number of aromatic nitrogens is 2. The highest BCUT2D eigenvalue weighted by atomic mass is 15.2. The summed E-state index contributed by atoms with van der Waals surface area (Å²) < 4.78 is 0. The van der Waals surface area contributed by atoms with Crippen molar-refractivity contribution in [1.29, 1.82) is 0 Å². The van der Waals surface area contributed by atoms with E-state index in [2.05, 4.69) is 57.4 Å². The van der Waals surface area contributed by atoms with Crippen LogP contribution in [0.5, 0.6) is 0 Å². The van der Waals surface area contributed by atoms with Gasteiger partial charge >= 0.3 is 0 Å². The fourth-order valence-electron chi connectivity index (χ4n) is 2.77. The van der Waals surface area contributed by atoms with Crippen LogP contribution in [0.15, 0.2) is 30.3 Å². The first-order valence-corrected chi connectivity index (χ1v) is 7.65. The van der Waals surface area contributed by atoms with Gasteiger partial charge in [-0.15, -0.1) is 0 Å². The summed E-state index contributed by atoms with van der Waals surface area (Å²) in [5.74, 6) is 2.72. The Hall–Kier alpha value is -2.10. The molecule has 0 saturated carbocycles. The van der Waals surface area contributed by atoms with Crippen molar-refractivity contribution >= 4 is 17.3 Å². The first-order valence-electron chi connectivity index (χ1n) is 7.65. The van der Waals surface area contributed by atoms with E-state index in [1.165, 1.54) is 24.8 Å². The van der Waals surface area contributed by atoms with Crippen LogP contribution in [0.4, 0.5) is 17.3 Å². The molecule has 2 heterocycles. The normalized spacial score (nSPS) is 15.0. The molecule has 0 spiro atoms. The summed E-state index contributed by atoms with van der Waals surface area (Å²) in [5.41, 5.74) is 2.31. The van der Waals surface area contributed by atoms with E-state index in [9.17, 15) is 0 Å². The molecule has 4 heteroatoms. The van der Waals surface area contributed by atoms with Gasteiger partial charge in [0.1, 0.15) is 17.5 Å². The van der Waals surface area contributed by atoms with Crippen molar-refractivity contribution in [3.8, 4) is 0 Å². The number of hydrogen-bond donors (Lipinski definition) is 1. The van der Waals surface area contributed by atoms with Crippen LogP contribution in [-0.4, -0.2) is 23.1 Å². The predicted molar refractivity (Wildman–Crippen MR) is 87.3 cm³/mol. The lowest BCUT2D eigenvalue weighted by molar-refractivity contribution is 0.572. The molecule has 21 heavy (non-hydrogen) atoms. The van der Waals surface area contributed by atoms with E-state index in [0.29, 0.717) is 0 Å². The quantitative estimate of drug-likeness (QED) is 0.929. The molecule has 2 aromatic rings. The Bertz CT molecular complexity index is 618. The zero-order valence-corrected chi connectivity index (χ0v) is 12.8. The van der Waals surface area contributed by atoms with Crippen molar-refractivity contribution < 1.29 is 0 Å². The number of hydrogen-bond acceptors (Lipinski definition) is 4. The maximum Gasteiger partial charge on any atom is 0.136 e. The minimum absolute atomic E-state index is 0.813. The lowest BCUT2D eigenvalue weighted by atomic mass is 10.1. The molecule has 0 atom stereocenters. The van der Waals surface area contributed by atoms with Crippen LogP contribution in [0.25, 0.3) is 0 Å². The minimum Gasteiger partial charge on any atom is -0.356 e. The largest absolute Gasteiger partial charge is 0.356 e. The zero-order valence-electron chi connectivity index (χ0n) is 12.8. The number of aryl methyl sites for hydroxylation is 2. The molecule has 110 valence electrons. The van der Waals surface area contributed by atoms with Crippen molar-refractivity contribution in [1.82, 2.24) is 9.97 Å². The van der Waals surface area contributed by atoms with Gasteiger partial charge in [-0.3, -0.25) is 0 Å². The average Bonchev–Trinajstić information content (AvgIpc) is 2.47. The third kappa shape index (κ3) is 3.51. The standard InChI is InChI=1S/C17H22N4/c1-13-7-6-8-15(11-13)20-16-12-17(19-14(2)18-16)21-9-4-3-5-10-21/h6-8,11-12H,3-5,9-10H2,1-2H3,(H,18,19,20). The molecule has 3 rings (SSSR count). The van der Waals surface area contributed by atoms with E-state index in [4.69, 9.17) is 0 Å². The minimum atomic E-state index is 0.813. The van der Waals surface area contributed by atoms with Crippen molar-refractivity contribution in [3.63, 3.8) is 0 Å². The lowest BCUT2D eigenvalue weighted by Gasteiger charge is -2.28. The second-order valence-electron chi connectivity index (χ2n) is 5.70. The number of piperidine rings is 1. The molecule has 0 aliphatic carbocycles. The van der Waals surface area contributed by atoms with Gasteiger partial charge in [-0.1, -0.05) is 12.1 Å². The van der Waals surface area contributed by atoms with Crippen molar-refractivity contribution in [2.24, 2.45) is 0 Å². The Morgan fingerprint density at radius 1 is 1.00 bits per heavy atom. The highest BCUT2D eigenvalue weighted by Crippen LogP contribution is 2.22. The van der Waals surface area contributed by atoms with Gasteiger partial charge in [0, 0.05) is 24.8 Å². The number of benzene rings is 1. The van der Waals surface area contributed by atoms with Gasteiger partial charge in [-0.05, 0) is 50.8 Å². The van der Waals surface area contributed by atoms with E-state index in [1.807, 2.05) is 6.92 Å². The molecule has 1 aromatic carbocycles. The molecule has 1 aromatic heterocycles. The van der Waals surface area contributed by atoms with Gasteiger partial charge < -0.3 is 10.2 Å². The van der Waals surface area contributed by atoms with Crippen LogP contribution in [0, 0.1) is 13.8 Å². The van der Waals surface area contributed by atoms with Crippen molar-refractivity contribution in [2.75, 3.05) is 23.3 Å². The zero-order chi connectivity index (χ0) is 14.7. The molecular weight excluding hydrogens is 260 g/mol. The van der Waals surface area contributed by atoms with Crippen LogP contribution in [0.1, 0.15) is 30.7 Å². The predicted octanol–water partition coefficient (Wildman–Crippen LogP) is 3.83. The Morgan fingerprint density at radius 2 is 1.81 bits per heavy atom. The molecule has 1 aliphatic rings. The van der Waals surface area contributed by atoms with Gasteiger partial charge in [0.25, 0.3) is 0 Å². The molecule has 1 fully saturated rings. The van der Waals surface area contributed by atoms with E-state index in [0.717, 1.165) is 36.2 Å². The molecule has 0 radical (unpaired) electrons. The van der Waals surface area contributed by atoms with Crippen molar-refractivity contribution in [2.45, 2.75) is 33.1 Å². The Kier molecular flexibility index (Phi) is 4.04.